The molecule has 1 rings (SSSR count). The van der Waals surface area contributed by atoms with Crippen molar-refractivity contribution in [3.63, 3.8) is 0 Å². The minimum Gasteiger partial charge on any atom is -0.462 e. The molecule has 0 heterocycles. The van der Waals surface area contributed by atoms with Crippen LogP contribution in [0.5, 0.6) is 0 Å². The standard InChI is InChI=1S/C47H81O13P/c1-3-5-7-9-11-13-15-17-19-20-22-24-26-28-30-32-34-36-41(49)59-39(38-58-61(55,56)60-47-45(53)43(51)42(50)44(52)46(47)54)37-57-40(48)35-33-31-29-27-25-23-21-18-16-14-12-10-8-6-4-2/h13,15,19-20,24,26,29-32,39,42-47,50-54H,3-12,14,16-18,21-23,25,27-28,33-38H2,1-2H3,(H,55,56)/b15-13-,20-19-,26-24-,31-29-,32-30-/t39?,42?,43-,44+,45-,46-,47?/m1/s1. The zero-order valence-corrected chi connectivity index (χ0v) is 38.1. The van der Waals surface area contributed by atoms with Crippen molar-refractivity contribution in [1.82, 2.24) is 0 Å². The number of rotatable bonds is 37. The maximum absolute atomic E-state index is 12.8. The summed E-state index contributed by atoms with van der Waals surface area (Å²) in [5.41, 5.74) is 0. The first-order valence-corrected chi connectivity index (χ1v) is 24.6. The van der Waals surface area contributed by atoms with Gasteiger partial charge in [-0.1, -0.05) is 158 Å². The topological polar surface area (TPSA) is 210 Å². The summed E-state index contributed by atoms with van der Waals surface area (Å²) in [6.07, 6.45) is 31.6. The lowest BCUT2D eigenvalue weighted by atomic mass is 9.85. The van der Waals surface area contributed by atoms with Gasteiger partial charge < -0.3 is 39.9 Å². The molecule has 0 aliphatic heterocycles. The fourth-order valence-corrected chi connectivity index (χ4v) is 7.58. The molecule has 13 nitrogen and oxygen atoms in total. The number of carbonyl (C=O) groups excluding carboxylic acids is 2. The largest absolute Gasteiger partial charge is 0.472 e. The first-order valence-electron chi connectivity index (χ1n) is 23.1. The Labute approximate surface area is 366 Å². The van der Waals surface area contributed by atoms with Gasteiger partial charge in [-0.15, -0.1) is 0 Å². The molecule has 0 spiro atoms. The molecule has 0 amide bonds. The predicted molar refractivity (Wildman–Crippen MR) is 239 cm³/mol. The number of aliphatic hydroxyl groups excluding tert-OH is 5. The molecule has 0 aromatic carbocycles. The quantitative estimate of drug-likeness (QED) is 0.0149. The van der Waals surface area contributed by atoms with Crippen molar-refractivity contribution in [2.45, 2.75) is 211 Å². The van der Waals surface area contributed by atoms with Gasteiger partial charge in [0.2, 0.25) is 0 Å². The summed E-state index contributed by atoms with van der Waals surface area (Å²) in [6, 6.07) is 0. The molecule has 0 radical (unpaired) electrons. The van der Waals surface area contributed by atoms with Crippen LogP contribution in [-0.4, -0.2) is 98.3 Å². The first kappa shape index (κ1) is 56.6. The van der Waals surface area contributed by atoms with Crippen molar-refractivity contribution in [3.05, 3.63) is 60.8 Å². The Bertz CT molecular complexity index is 1300. The van der Waals surface area contributed by atoms with E-state index in [-0.39, 0.29) is 12.8 Å². The number of allylic oxidation sites excluding steroid dienone is 10. The minimum absolute atomic E-state index is 0.0325. The lowest BCUT2D eigenvalue weighted by Crippen LogP contribution is -2.64. The second-order valence-electron chi connectivity index (χ2n) is 15.9. The van der Waals surface area contributed by atoms with E-state index in [1.807, 2.05) is 24.3 Å². The van der Waals surface area contributed by atoms with Crippen molar-refractivity contribution < 1.29 is 63.1 Å². The van der Waals surface area contributed by atoms with E-state index in [1.165, 1.54) is 89.9 Å². The molecule has 0 bridgehead atoms. The zero-order valence-electron chi connectivity index (χ0n) is 37.2. The number of hydrogen-bond donors (Lipinski definition) is 6. The number of carbonyl (C=O) groups is 2. The number of unbranched alkanes of at least 4 members (excludes halogenated alkanes) is 15. The molecule has 1 fully saturated rings. The van der Waals surface area contributed by atoms with Crippen molar-refractivity contribution in [2.24, 2.45) is 0 Å². The van der Waals surface area contributed by atoms with Gasteiger partial charge in [0.1, 0.15) is 43.2 Å². The SMILES string of the molecule is CCCCCC/C=C\C/C=C\C/C=C\C/C=C\CCC(=O)OC(COC(=O)CC/C=C\CCCCCCCCCCCCC)COP(=O)(O)OC1[C@H](O)[C@H](O)C(O)[C@H](O)[C@H]1O. The number of aliphatic hydroxyl groups is 5. The Morgan fingerprint density at radius 3 is 1.39 bits per heavy atom. The van der Waals surface area contributed by atoms with Crippen molar-refractivity contribution in [1.29, 1.82) is 0 Å². The molecule has 8 atom stereocenters. The van der Waals surface area contributed by atoms with Crippen LogP contribution in [-0.2, 0) is 32.7 Å². The van der Waals surface area contributed by atoms with E-state index in [0.29, 0.717) is 19.3 Å². The molecule has 1 aliphatic rings. The normalized spacial score (nSPS) is 22.6. The van der Waals surface area contributed by atoms with Gasteiger partial charge in [-0.05, 0) is 57.8 Å². The summed E-state index contributed by atoms with van der Waals surface area (Å²) in [5.74, 6) is -1.25. The molecule has 61 heavy (non-hydrogen) atoms. The van der Waals surface area contributed by atoms with Crippen LogP contribution >= 0.6 is 7.82 Å². The van der Waals surface area contributed by atoms with E-state index in [0.717, 1.165) is 32.1 Å². The summed E-state index contributed by atoms with van der Waals surface area (Å²) in [4.78, 5) is 35.6. The van der Waals surface area contributed by atoms with Gasteiger partial charge >= 0.3 is 19.8 Å². The molecule has 0 aromatic heterocycles. The van der Waals surface area contributed by atoms with Gasteiger partial charge in [-0.2, -0.15) is 0 Å². The number of esters is 2. The van der Waals surface area contributed by atoms with E-state index in [4.69, 9.17) is 18.5 Å². The number of phosphoric ester groups is 1. The molecule has 1 aliphatic carbocycles. The molecule has 0 aromatic rings. The average molecular weight is 885 g/mol. The van der Waals surface area contributed by atoms with Crippen LogP contribution in [0.15, 0.2) is 60.8 Å². The summed E-state index contributed by atoms with van der Waals surface area (Å²) >= 11 is 0. The minimum atomic E-state index is -5.14. The van der Waals surface area contributed by atoms with Gasteiger partial charge in [0.15, 0.2) is 6.10 Å². The fraction of sp³-hybridized carbons (Fsp3) is 0.745. The molecule has 1 saturated carbocycles. The maximum atomic E-state index is 12.8. The Morgan fingerprint density at radius 1 is 0.508 bits per heavy atom. The van der Waals surface area contributed by atoms with Crippen LogP contribution in [0, 0.1) is 0 Å². The van der Waals surface area contributed by atoms with Crippen molar-refractivity contribution in [2.75, 3.05) is 13.2 Å². The van der Waals surface area contributed by atoms with Gasteiger partial charge in [0.05, 0.1) is 6.61 Å². The van der Waals surface area contributed by atoms with Crippen molar-refractivity contribution in [3.8, 4) is 0 Å². The smallest absolute Gasteiger partial charge is 0.462 e. The van der Waals surface area contributed by atoms with Crippen LogP contribution < -0.4 is 0 Å². The third-order valence-corrected chi connectivity index (χ3v) is 11.3. The number of hydrogen-bond acceptors (Lipinski definition) is 12. The van der Waals surface area contributed by atoms with Crippen LogP contribution in [0.2, 0.25) is 0 Å². The van der Waals surface area contributed by atoms with E-state index in [1.54, 1.807) is 0 Å². The lowest BCUT2D eigenvalue weighted by molar-refractivity contribution is -0.220. The Balaban J connectivity index is 2.54. The van der Waals surface area contributed by atoms with E-state index < -0.39 is 75.7 Å². The monoisotopic (exact) mass is 885 g/mol. The number of phosphoric acid groups is 1. The first-order chi connectivity index (χ1) is 29.4. The van der Waals surface area contributed by atoms with E-state index in [2.05, 4.69) is 50.3 Å². The highest BCUT2D eigenvalue weighted by Gasteiger charge is 2.51. The average Bonchev–Trinajstić information content (AvgIpc) is 3.24. The van der Waals surface area contributed by atoms with E-state index in [9.17, 15) is 44.6 Å². The third kappa shape index (κ3) is 29.5. The second kappa shape index (κ2) is 37.0. The molecule has 4 unspecified atom stereocenters. The molecule has 6 N–H and O–H groups in total. The Morgan fingerprint density at radius 2 is 0.885 bits per heavy atom. The second-order valence-corrected chi connectivity index (χ2v) is 17.3. The van der Waals surface area contributed by atoms with Gasteiger partial charge in [-0.3, -0.25) is 18.6 Å². The summed E-state index contributed by atoms with van der Waals surface area (Å²) < 4.78 is 33.4. The molecule has 0 saturated heterocycles. The summed E-state index contributed by atoms with van der Waals surface area (Å²) in [5, 5.41) is 50.1. The van der Waals surface area contributed by atoms with Crippen LogP contribution in [0.3, 0.4) is 0 Å². The number of ether oxygens (including phenoxy) is 2. The summed E-state index contributed by atoms with van der Waals surface area (Å²) in [6.45, 7) is 3.18. The van der Waals surface area contributed by atoms with Crippen LogP contribution in [0.4, 0.5) is 0 Å². The van der Waals surface area contributed by atoms with Gasteiger partial charge in [0.25, 0.3) is 0 Å². The molecular formula is C47H81O13P. The van der Waals surface area contributed by atoms with E-state index >= 15 is 0 Å². The maximum Gasteiger partial charge on any atom is 0.472 e. The highest BCUT2D eigenvalue weighted by molar-refractivity contribution is 7.47. The highest BCUT2D eigenvalue weighted by atomic mass is 31.2. The highest BCUT2D eigenvalue weighted by Crippen LogP contribution is 2.47. The summed E-state index contributed by atoms with van der Waals surface area (Å²) in [7, 11) is -5.14. The zero-order chi connectivity index (χ0) is 45.0. The molecular weight excluding hydrogens is 803 g/mol. The molecule has 352 valence electrons. The van der Waals surface area contributed by atoms with Crippen molar-refractivity contribution >= 4 is 19.8 Å². The van der Waals surface area contributed by atoms with Crippen LogP contribution in [0.25, 0.3) is 0 Å². The predicted octanol–water partition coefficient (Wildman–Crippen LogP) is 8.94. The van der Waals surface area contributed by atoms with Gasteiger partial charge in [-0.25, -0.2) is 4.57 Å². The van der Waals surface area contributed by atoms with Crippen LogP contribution in [0.1, 0.15) is 168 Å². The Kier molecular flexibility index (Phi) is 34.3. The Hall–Kier alpha value is -2.45. The molecule has 14 heteroatoms. The van der Waals surface area contributed by atoms with Gasteiger partial charge in [0, 0.05) is 12.8 Å². The fourth-order valence-electron chi connectivity index (χ4n) is 6.60. The third-order valence-electron chi connectivity index (χ3n) is 10.4. The lowest BCUT2D eigenvalue weighted by Gasteiger charge is -2.41.